The number of fused-ring (bicyclic) bond motifs is 9. The highest BCUT2D eigenvalue weighted by molar-refractivity contribution is 7.26. The molecule has 2 aliphatic rings. The van der Waals surface area contributed by atoms with Crippen LogP contribution in [-0.2, 0) is 0 Å². The van der Waals surface area contributed by atoms with Gasteiger partial charge in [-0.15, -0.1) is 22.7 Å². The number of thiophene rings is 2. The van der Waals surface area contributed by atoms with Crippen molar-refractivity contribution in [3.05, 3.63) is 187 Å². The lowest BCUT2D eigenvalue weighted by Gasteiger charge is -2.33. The summed E-state index contributed by atoms with van der Waals surface area (Å²) < 4.78 is 7.65. The maximum absolute atomic E-state index is 5.22. The number of hydrogen-bond donors (Lipinski definition) is 2. The first-order valence-corrected chi connectivity index (χ1v) is 21.3. The van der Waals surface area contributed by atoms with Gasteiger partial charge in [0.15, 0.2) is 0 Å². The third-order valence-electron chi connectivity index (χ3n) is 11.8. The highest BCUT2D eigenvalue weighted by atomic mass is 32.1. The Hall–Kier alpha value is -6.31. The summed E-state index contributed by atoms with van der Waals surface area (Å²) in [5, 5.41) is 15.5. The second-order valence-corrected chi connectivity index (χ2v) is 17.2. The number of benzene rings is 7. The molecule has 2 unspecified atom stereocenters. The monoisotopic (exact) mass is 768 g/mol. The molecule has 57 heavy (non-hydrogen) atoms. The van der Waals surface area contributed by atoms with Crippen molar-refractivity contribution in [2.75, 3.05) is 0 Å². The molecule has 4 nitrogen and oxygen atoms in total. The van der Waals surface area contributed by atoms with Gasteiger partial charge < -0.3 is 9.88 Å². The Morgan fingerprint density at radius 3 is 1.93 bits per heavy atom. The van der Waals surface area contributed by atoms with Gasteiger partial charge in [-0.3, -0.25) is 5.32 Å². The van der Waals surface area contributed by atoms with E-state index in [4.69, 9.17) is 4.99 Å². The van der Waals surface area contributed by atoms with Crippen LogP contribution in [0.15, 0.2) is 180 Å². The fourth-order valence-electron chi connectivity index (χ4n) is 9.12. The molecule has 4 heterocycles. The molecular formula is C51H36N4S2. The summed E-state index contributed by atoms with van der Waals surface area (Å²) in [6.07, 6.45) is 8.34. The van der Waals surface area contributed by atoms with Crippen LogP contribution in [0, 0.1) is 0 Å². The Morgan fingerprint density at radius 2 is 1.23 bits per heavy atom. The summed E-state index contributed by atoms with van der Waals surface area (Å²) >= 11 is 3.75. The van der Waals surface area contributed by atoms with Crippen LogP contribution in [0.2, 0.25) is 0 Å². The topological polar surface area (TPSA) is 41.4 Å². The first-order chi connectivity index (χ1) is 28.2. The SMILES string of the molecule is C1=CCCC(C2=NC(c3ccccc3)NC(c3cccc4sc5ccc(-c6ccc7sc8cccc(-n9c%10ccccc%10c%10ccccc%109)c8c7c6)cc5c34)N2)=C1. The smallest absolute Gasteiger partial charge is 0.129 e. The van der Waals surface area contributed by atoms with E-state index in [1.165, 1.54) is 90.1 Å². The van der Waals surface area contributed by atoms with Crippen molar-refractivity contribution in [2.24, 2.45) is 4.99 Å². The molecule has 12 rings (SSSR count). The fraction of sp³-hybridized carbons (Fsp3) is 0.0784. The average molecular weight is 769 g/mol. The molecule has 6 heteroatoms. The number of hydrogen-bond acceptors (Lipinski definition) is 5. The van der Waals surface area contributed by atoms with Gasteiger partial charge in [-0.05, 0) is 95.3 Å². The van der Waals surface area contributed by atoms with E-state index in [9.17, 15) is 0 Å². The first-order valence-electron chi connectivity index (χ1n) is 19.7. The second-order valence-electron chi connectivity index (χ2n) is 15.1. The van der Waals surface area contributed by atoms with Gasteiger partial charge in [0.1, 0.15) is 18.2 Å². The number of rotatable bonds is 5. The molecule has 0 bridgehead atoms. The van der Waals surface area contributed by atoms with Crippen LogP contribution in [0.1, 0.15) is 36.3 Å². The van der Waals surface area contributed by atoms with Gasteiger partial charge in [0.2, 0.25) is 0 Å². The first kappa shape index (κ1) is 32.9. The summed E-state index contributed by atoms with van der Waals surface area (Å²) in [6, 6.07) is 55.8. The molecule has 0 fully saturated rings. The van der Waals surface area contributed by atoms with E-state index in [1.54, 1.807) is 0 Å². The summed E-state index contributed by atoms with van der Waals surface area (Å²) in [5.41, 5.74) is 9.80. The minimum absolute atomic E-state index is 0.118. The van der Waals surface area contributed by atoms with Gasteiger partial charge in [-0.2, -0.15) is 0 Å². The van der Waals surface area contributed by atoms with Crippen LogP contribution >= 0.6 is 22.7 Å². The third kappa shape index (κ3) is 5.32. The summed E-state index contributed by atoms with van der Waals surface area (Å²) in [7, 11) is 0. The number of para-hydroxylation sites is 2. The zero-order valence-electron chi connectivity index (χ0n) is 30.9. The molecule has 2 N–H and O–H groups in total. The van der Waals surface area contributed by atoms with Gasteiger partial charge in [0.05, 0.1) is 16.7 Å². The van der Waals surface area contributed by atoms with Crippen LogP contribution in [-0.4, -0.2) is 10.4 Å². The van der Waals surface area contributed by atoms with Gasteiger partial charge in [0, 0.05) is 51.1 Å². The number of nitrogens with one attached hydrogen (secondary N) is 2. The number of aromatic nitrogens is 1. The van der Waals surface area contributed by atoms with Crippen molar-refractivity contribution in [3.8, 4) is 16.8 Å². The number of nitrogens with zero attached hydrogens (tertiary/aromatic N) is 2. The normalized spacial score (nSPS) is 17.2. The zero-order valence-corrected chi connectivity index (χ0v) is 32.6. The molecular weight excluding hydrogens is 733 g/mol. The van der Waals surface area contributed by atoms with E-state index in [2.05, 4.69) is 185 Å². The van der Waals surface area contributed by atoms with Gasteiger partial charge in [-0.25, -0.2) is 4.99 Å². The van der Waals surface area contributed by atoms with Crippen molar-refractivity contribution in [2.45, 2.75) is 25.2 Å². The quantitative estimate of drug-likeness (QED) is 0.183. The third-order valence-corrected chi connectivity index (χ3v) is 14.0. The van der Waals surface area contributed by atoms with Crippen molar-refractivity contribution < 1.29 is 0 Å². The lowest BCUT2D eigenvalue weighted by atomic mass is 9.97. The minimum atomic E-state index is -0.158. The average Bonchev–Trinajstić information content (AvgIpc) is 3.96. The maximum atomic E-state index is 5.22. The molecule has 0 saturated heterocycles. The van der Waals surface area contributed by atoms with E-state index >= 15 is 0 Å². The van der Waals surface area contributed by atoms with Crippen molar-refractivity contribution in [1.82, 2.24) is 15.2 Å². The van der Waals surface area contributed by atoms with Crippen molar-refractivity contribution in [1.29, 1.82) is 0 Å². The van der Waals surface area contributed by atoms with Crippen molar-refractivity contribution in [3.63, 3.8) is 0 Å². The highest BCUT2D eigenvalue weighted by Gasteiger charge is 2.28. The molecule has 7 aromatic carbocycles. The predicted molar refractivity (Wildman–Crippen MR) is 244 cm³/mol. The lowest BCUT2D eigenvalue weighted by Crippen LogP contribution is -2.45. The van der Waals surface area contributed by atoms with Gasteiger partial charge >= 0.3 is 0 Å². The Labute approximate surface area is 337 Å². The Kier molecular flexibility index (Phi) is 7.58. The van der Waals surface area contributed by atoms with Crippen LogP contribution in [0.3, 0.4) is 0 Å². The Bertz CT molecular complexity index is 3270. The van der Waals surface area contributed by atoms with E-state index in [0.29, 0.717) is 0 Å². The molecule has 0 saturated carbocycles. The molecule has 272 valence electrons. The Morgan fingerprint density at radius 1 is 0.579 bits per heavy atom. The van der Waals surface area contributed by atoms with Crippen LogP contribution < -0.4 is 10.6 Å². The minimum Gasteiger partial charge on any atom is -0.351 e. The number of aliphatic imine (C=N–C) groups is 1. The lowest BCUT2D eigenvalue weighted by molar-refractivity contribution is 0.410. The summed E-state index contributed by atoms with van der Waals surface area (Å²) in [6.45, 7) is 0. The largest absolute Gasteiger partial charge is 0.351 e. The van der Waals surface area contributed by atoms with Crippen LogP contribution in [0.4, 0.5) is 0 Å². The summed E-state index contributed by atoms with van der Waals surface area (Å²) in [4.78, 5) is 5.22. The Balaban J connectivity index is 1.00. The summed E-state index contributed by atoms with van der Waals surface area (Å²) in [5.74, 6) is 0.978. The molecule has 1 aliphatic heterocycles. The van der Waals surface area contributed by atoms with Crippen LogP contribution in [0.25, 0.3) is 79.0 Å². The zero-order chi connectivity index (χ0) is 37.5. The van der Waals surface area contributed by atoms with Crippen molar-refractivity contribution >= 4 is 90.7 Å². The second kappa shape index (κ2) is 13.1. The molecule has 3 aromatic heterocycles. The van der Waals surface area contributed by atoms with E-state index in [1.807, 2.05) is 22.7 Å². The van der Waals surface area contributed by atoms with Gasteiger partial charge in [0.25, 0.3) is 0 Å². The van der Waals surface area contributed by atoms with Gasteiger partial charge in [-0.1, -0.05) is 115 Å². The molecule has 0 amide bonds. The molecule has 10 aromatic rings. The predicted octanol–water partition coefficient (Wildman–Crippen LogP) is 13.8. The van der Waals surface area contributed by atoms with E-state index in [0.717, 1.165) is 24.2 Å². The highest BCUT2D eigenvalue weighted by Crippen LogP contribution is 2.44. The molecule has 0 spiro atoms. The standard InChI is InChI=1S/C51H36N4S2/c1-3-13-31(14-4-1)49-52-50(32-15-5-2-6-16-32)54-51(53-49)37-19-11-23-45-47(37)38-29-33(25-27-43(38)56-45)34-26-28-44-39(30-34)48-42(22-12-24-46(48)57-44)55-40-20-9-7-17-35(40)36-18-8-10-21-41(36)55/h1-5,7-15,17-30,49,51,53H,6,16H2,(H,52,54). The maximum Gasteiger partial charge on any atom is 0.129 e. The number of amidine groups is 1. The molecule has 0 radical (unpaired) electrons. The molecule has 2 atom stereocenters. The molecule has 1 aliphatic carbocycles. The van der Waals surface area contributed by atoms with E-state index in [-0.39, 0.29) is 12.3 Å². The number of allylic oxidation sites excluding steroid dienone is 3. The fourth-order valence-corrected chi connectivity index (χ4v) is 11.3. The van der Waals surface area contributed by atoms with Crippen LogP contribution in [0.5, 0.6) is 0 Å². The van der Waals surface area contributed by atoms with E-state index < -0.39 is 0 Å².